The maximum absolute atomic E-state index is 9.57. The molecule has 0 aromatic heterocycles. The van der Waals surface area contributed by atoms with Crippen molar-refractivity contribution < 1.29 is 9.84 Å². The van der Waals surface area contributed by atoms with E-state index < -0.39 is 0 Å². The summed E-state index contributed by atoms with van der Waals surface area (Å²) in [6.07, 6.45) is 3.44. The summed E-state index contributed by atoms with van der Waals surface area (Å²) in [5, 5.41) is 9.82. The smallest absolute Gasteiger partial charge is 0.176 e. The normalized spacial score (nSPS) is 11.5. The Morgan fingerprint density at radius 2 is 2.24 bits per heavy atom. The number of halogens is 2. The van der Waals surface area contributed by atoms with Crippen LogP contribution in [0.5, 0.6) is 11.5 Å². The minimum Gasteiger partial charge on any atom is -0.503 e. The van der Waals surface area contributed by atoms with Crippen LogP contribution in [-0.2, 0) is 0 Å². The van der Waals surface area contributed by atoms with Crippen LogP contribution in [0.25, 0.3) is 0 Å². The Balaban J connectivity index is 0.00000256. The van der Waals surface area contributed by atoms with Crippen LogP contribution in [-0.4, -0.2) is 12.2 Å². The lowest BCUT2D eigenvalue weighted by Crippen LogP contribution is -2.10. The fraction of sp³-hybridized carbons (Fsp3) is 0.333. The van der Waals surface area contributed by atoms with Crippen molar-refractivity contribution in [2.45, 2.75) is 18.9 Å². The Morgan fingerprint density at radius 3 is 2.76 bits per heavy atom. The van der Waals surface area contributed by atoms with Gasteiger partial charge >= 0.3 is 0 Å². The van der Waals surface area contributed by atoms with E-state index in [1.54, 1.807) is 12.1 Å². The topological polar surface area (TPSA) is 55.5 Å². The predicted molar refractivity (Wildman–Crippen MR) is 73.3 cm³/mol. The molecule has 0 fully saturated rings. The molecule has 3 N–H and O–H groups in total. The van der Waals surface area contributed by atoms with Gasteiger partial charge in [0.2, 0.25) is 0 Å². The molecule has 0 aliphatic rings. The SMILES string of the molecule is C=CCC[C@H](N)c1cc(Cl)c(O)c(OC)c1.Cl. The van der Waals surface area contributed by atoms with E-state index >= 15 is 0 Å². The molecular weight excluding hydrogens is 261 g/mol. The lowest BCUT2D eigenvalue weighted by molar-refractivity contribution is 0.372. The van der Waals surface area contributed by atoms with E-state index in [2.05, 4.69) is 6.58 Å². The maximum Gasteiger partial charge on any atom is 0.176 e. The fourth-order valence-electron chi connectivity index (χ4n) is 1.43. The van der Waals surface area contributed by atoms with Gasteiger partial charge in [-0.2, -0.15) is 0 Å². The van der Waals surface area contributed by atoms with Gasteiger partial charge in [0.25, 0.3) is 0 Å². The molecule has 96 valence electrons. The van der Waals surface area contributed by atoms with Gasteiger partial charge in [-0.3, -0.25) is 0 Å². The summed E-state index contributed by atoms with van der Waals surface area (Å²) in [6.45, 7) is 3.65. The second kappa shape index (κ2) is 7.43. The zero-order chi connectivity index (χ0) is 12.1. The molecule has 0 bridgehead atoms. The van der Waals surface area contributed by atoms with Crippen molar-refractivity contribution in [2.75, 3.05) is 7.11 Å². The largest absolute Gasteiger partial charge is 0.503 e. The molecule has 5 heteroatoms. The summed E-state index contributed by atoms with van der Waals surface area (Å²) in [7, 11) is 1.48. The van der Waals surface area contributed by atoms with Crippen molar-refractivity contribution >= 4 is 24.0 Å². The summed E-state index contributed by atoms with van der Waals surface area (Å²) in [5.41, 5.74) is 6.83. The highest BCUT2D eigenvalue weighted by molar-refractivity contribution is 6.32. The molecule has 0 unspecified atom stereocenters. The molecule has 0 amide bonds. The van der Waals surface area contributed by atoms with Crippen LogP contribution in [0.15, 0.2) is 24.8 Å². The molecule has 1 atom stereocenters. The lowest BCUT2D eigenvalue weighted by Gasteiger charge is -2.14. The van der Waals surface area contributed by atoms with Crippen molar-refractivity contribution in [1.82, 2.24) is 0 Å². The Morgan fingerprint density at radius 1 is 1.59 bits per heavy atom. The third-order valence-corrected chi connectivity index (χ3v) is 2.67. The first kappa shape index (κ1) is 16.1. The second-order valence-corrected chi connectivity index (χ2v) is 3.93. The zero-order valence-electron chi connectivity index (χ0n) is 9.65. The number of hydrogen-bond acceptors (Lipinski definition) is 3. The Kier molecular flexibility index (Phi) is 7.04. The minimum absolute atomic E-state index is 0. The van der Waals surface area contributed by atoms with Crippen molar-refractivity contribution in [3.8, 4) is 11.5 Å². The Hall–Kier alpha value is -0.900. The highest BCUT2D eigenvalue weighted by Gasteiger charge is 2.12. The van der Waals surface area contributed by atoms with E-state index in [4.69, 9.17) is 22.1 Å². The van der Waals surface area contributed by atoms with Crippen LogP contribution in [0.4, 0.5) is 0 Å². The Labute approximate surface area is 113 Å². The lowest BCUT2D eigenvalue weighted by atomic mass is 10.0. The highest BCUT2D eigenvalue weighted by Crippen LogP contribution is 2.36. The number of ether oxygens (including phenoxy) is 1. The molecule has 1 aromatic rings. The molecule has 1 rings (SSSR count). The summed E-state index contributed by atoms with van der Waals surface area (Å²) >= 11 is 5.87. The second-order valence-electron chi connectivity index (χ2n) is 3.53. The summed E-state index contributed by atoms with van der Waals surface area (Å²) < 4.78 is 5.01. The van der Waals surface area contributed by atoms with Crippen LogP contribution >= 0.6 is 24.0 Å². The number of aromatic hydroxyl groups is 1. The van der Waals surface area contributed by atoms with E-state index in [-0.39, 0.29) is 29.2 Å². The average molecular weight is 278 g/mol. The van der Waals surface area contributed by atoms with Gasteiger partial charge in [-0.05, 0) is 30.5 Å². The standard InChI is InChI=1S/C12H16ClNO2.ClH/c1-3-4-5-10(14)8-6-9(13)12(15)11(7-8)16-2;/h3,6-7,10,15H,1,4-5,14H2,2H3;1H/t10-;/m0./s1. The van der Waals surface area contributed by atoms with Crippen LogP contribution in [0.1, 0.15) is 24.4 Å². The van der Waals surface area contributed by atoms with Gasteiger partial charge in [-0.1, -0.05) is 17.7 Å². The predicted octanol–water partition coefficient (Wildman–Crippen LogP) is 3.44. The minimum atomic E-state index is -0.134. The van der Waals surface area contributed by atoms with Crippen LogP contribution in [0, 0.1) is 0 Å². The molecule has 0 saturated carbocycles. The van der Waals surface area contributed by atoms with Crippen LogP contribution in [0.2, 0.25) is 5.02 Å². The molecule has 0 radical (unpaired) electrons. The molecule has 3 nitrogen and oxygen atoms in total. The first-order valence-corrected chi connectivity index (χ1v) is 5.40. The monoisotopic (exact) mass is 277 g/mol. The first-order valence-electron chi connectivity index (χ1n) is 5.03. The van der Waals surface area contributed by atoms with Gasteiger partial charge < -0.3 is 15.6 Å². The third-order valence-electron chi connectivity index (χ3n) is 2.38. The average Bonchev–Trinajstić information content (AvgIpc) is 2.29. The number of methoxy groups -OCH3 is 1. The Bertz CT molecular complexity index is 383. The number of phenolic OH excluding ortho intramolecular Hbond substituents is 1. The van der Waals surface area contributed by atoms with Gasteiger partial charge in [-0.15, -0.1) is 19.0 Å². The molecule has 17 heavy (non-hydrogen) atoms. The van der Waals surface area contributed by atoms with E-state index in [1.165, 1.54) is 7.11 Å². The van der Waals surface area contributed by atoms with E-state index in [9.17, 15) is 5.11 Å². The fourth-order valence-corrected chi connectivity index (χ4v) is 1.65. The van der Waals surface area contributed by atoms with Gasteiger partial charge in [0, 0.05) is 6.04 Å². The first-order chi connectivity index (χ1) is 7.60. The molecular formula is C12H17Cl2NO2. The number of allylic oxidation sites excluding steroid dienone is 1. The van der Waals surface area contributed by atoms with Gasteiger partial charge in [0.05, 0.1) is 12.1 Å². The van der Waals surface area contributed by atoms with Crippen LogP contribution in [0.3, 0.4) is 0 Å². The maximum atomic E-state index is 9.57. The van der Waals surface area contributed by atoms with Crippen molar-refractivity contribution in [1.29, 1.82) is 0 Å². The summed E-state index contributed by atoms with van der Waals surface area (Å²) in [5.74, 6) is 0.292. The summed E-state index contributed by atoms with van der Waals surface area (Å²) in [4.78, 5) is 0. The van der Waals surface area contributed by atoms with Gasteiger partial charge in [-0.25, -0.2) is 0 Å². The number of benzene rings is 1. The number of phenols is 1. The zero-order valence-corrected chi connectivity index (χ0v) is 11.2. The molecule has 0 spiro atoms. The summed E-state index contributed by atoms with van der Waals surface area (Å²) in [6, 6.07) is 3.23. The highest BCUT2D eigenvalue weighted by atomic mass is 35.5. The third kappa shape index (κ3) is 4.11. The number of rotatable bonds is 5. The van der Waals surface area contributed by atoms with E-state index in [0.717, 1.165) is 18.4 Å². The van der Waals surface area contributed by atoms with Crippen molar-refractivity contribution in [2.24, 2.45) is 5.73 Å². The molecule has 0 aliphatic heterocycles. The number of hydrogen-bond donors (Lipinski definition) is 2. The molecule has 0 aliphatic carbocycles. The molecule has 0 heterocycles. The number of nitrogens with two attached hydrogens (primary N) is 1. The van der Waals surface area contributed by atoms with Crippen molar-refractivity contribution in [3.63, 3.8) is 0 Å². The quantitative estimate of drug-likeness (QED) is 0.811. The van der Waals surface area contributed by atoms with Gasteiger partial charge in [0.1, 0.15) is 0 Å². The van der Waals surface area contributed by atoms with Crippen molar-refractivity contribution in [3.05, 3.63) is 35.4 Å². The van der Waals surface area contributed by atoms with E-state index in [0.29, 0.717) is 5.75 Å². The molecule has 0 saturated heterocycles. The van der Waals surface area contributed by atoms with E-state index in [1.807, 2.05) is 6.08 Å². The van der Waals surface area contributed by atoms with Gasteiger partial charge in [0.15, 0.2) is 11.5 Å². The van der Waals surface area contributed by atoms with Crippen LogP contribution < -0.4 is 10.5 Å². The molecule has 1 aromatic carbocycles.